The van der Waals surface area contributed by atoms with Crippen LogP contribution in [0.25, 0.3) is 0 Å². The fraction of sp³-hybridized carbons (Fsp3) is 0.467. The van der Waals surface area contributed by atoms with E-state index in [-0.39, 0.29) is 30.0 Å². The number of carbonyl (C=O) groups excluding carboxylic acids is 1. The summed E-state index contributed by atoms with van der Waals surface area (Å²) in [5.41, 5.74) is 1.81. The van der Waals surface area contributed by atoms with Gasteiger partial charge in [-0.3, -0.25) is 0 Å². The topological polar surface area (TPSA) is 68.8 Å². The molecule has 0 unspecified atom stereocenters. The summed E-state index contributed by atoms with van der Waals surface area (Å²) in [6.45, 7) is 6.27. The van der Waals surface area contributed by atoms with Crippen LogP contribution in [-0.4, -0.2) is 44.1 Å². The summed E-state index contributed by atoms with van der Waals surface area (Å²) < 4.78 is 0. The number of rotatable bonds is 5. The van der Waals surface area contributed by atoms with E-state index in [1.54, 1.807) is 14.1 Å². The van der Waals surface area contributed by atoms with E-state index in [1.807, 2.05) is 38.1 Å². The van der Waals surface area contributed by atoms with E-state index < -0.39 is 0 Å². The highest BCUT2D eigenvalue weighted by atomic mass is 127. The number of guanidine groups is 1. The molecule has 6 nitrogen and oxygen atoms in total. The molecular formula is C15H26IN5O. The minimum atomic E-state index is -0.142. The molecule has 0 radical (unpaired) electrons. The molecular weight excluding hydrogens is 393 g/mol. The molecule has 0 heterocycles. The van der Waals surface area contributed by atoms with Crippen LogP contribution in [0.2, 0.25) is 0 Å². The normalized spacial score (nSPS) is 9.27. The molecule has 124 valence electrons. The number of urea groups is 1. The number of carbonyl (C=O) groups is 1. The zero-order valence-corrected chi connectivity index (χ0v) is 16.0. The van der Waals surface area contributed by atoms with Crippen molar-refractivity contribution in [1.82, 2.24) is 15.5 Å². The number of amides is 2. The average molecular weight is 419 g/mol. The van der Waals surface area contributed by atoms with E-state index >= 15 is 0 Å². The Morgan fingerprint density at radius 2 is 1.82 bits per heavy atom. The summed E-state index contributed by atoms with van der Waals surface area (Å²) >= 11 is 0. The van der Waals surface area contributed by atoms with Gasteiger partial charge in [-0.2, -0.15) is 0 Å². The minimum absolute atomic E-state index is 0. The van der Waals surface area contributed by atoms with E-state index in [9.17, 15) is 4.79 Å². The van der Waals surface area contributed by atoms with Crippen molar-refractivity contribution in [1.29, 1.82) is 0 Å². The lowest BCUT2D eigenvalue weighted by molar-refractivity contribution is 0.230. The van der Waals surface area contributed by atoms with Crippen molar-refractivity contribution in [3.63, 3.8) is 0 Å². The van der Waals surface area contributed by atoms with Gasteiger partial charge in [0.1, 0.15) is 0 Å². The Bertz CT molecular complexity index is 483. The number of hydrogen-bond acceptors (Lipinski definition) is 2. The molecule has 0 saturated heterocycles. The molecule has 0 aromatic heterocycles. The van der Waals surface area contributed by atoms with Crippen LogP contribution in [0.4, 0.5) is 10.5 Å². The predicted molar refractivity (Wildman–Crippen MR) is 103 cm³/mol. The van der Waals surface area contributed by atoms with Crippen molar-refractivity contribution < 1.29 is 4.79 Å². The second-order valence-corrected chi connectivity index (χ2v) is 4.75. The Morgan fingerprint density at radius 1 is 1.18 bits per heavy atom. The van der Waals surface area contributed by atoms with Crippen molar-refractivity contribution in [3.05, 3.63) is 29.8 Å². The van der Waals surface area contributed by atoms with Crippen LogP contribution in [0, 0.1) is 0 Å². The fourth-order valence-electron chi connectivity index (χ4n) is 1.66. The highest BCUT2D eigenvalue weighted by Gasteiger charge is 2.04. The monoisotopic (exact) mass is 419 g/mol. The predicted octanol–water partition coefficient (Wildman–Crippen LogP) is 2.47. The third kappa shape index (κ3) is 7.48. The number of nitrogens with one attached hydrogen (secondary N) is 3. The van der Waals surface area contributed by atoms with E-state index in [0.717, 1.165) is 30.3 Å². The van der Waals surface area contributed by atoms with Gasteiger partial charge in [0, 0.05) is 32.9 Å². The summed E-state index contributed by atoms with van der Waals surface area (Å²) in [5, 5.41) is 9.18. The van der Waals surface area contributed by atoms with Crippen molar-refractivity contribution in [2.45, 2.75) is 20.4 Å². The first-order valence-electron chi connectivity index (χ1n) is 7.16. The summed E-state index contributed by atoms with van der Waals surface area (Å²) in [4.78, 5) is 17.6. The highest BCUT2D eigenvalue weighted by Crippen LogP contribution is 2.12. The zero-order chi connectivity index (χ0) is 15.7. The molecule has 7 heteroatoms. The van der Waals surface area contributed by atoms with Crippen molar-refractivity contribution in [2.75, 3.05) is 32.5 Å². The number of hydrogen-bond donors (Lipinski definition) is 3. The Morgan fingerprint density at radius 3 is 2.36 bits per heavy atom. The van der Waals surface area contributed by atoms with Gasteiger partial charge in [-0.25, -0.2) is 9.79 Å². The molecule has 3 N–H and O–H groups in total. The molecule has 0 spiro atoms. The average Bonchev–Trinajstić information content (AvgIpc) is 2.45. The standard InChI is InChI=1S/C15H25N5O.HI/c1-5-16-14(17-6-2)18-11-12-8-7-9-13(10-12)19-15(21)20(3)4;/h7-10H,5-6,11H2,1-4H3,(H,19,21)(H2,16,17,18);1H. The second kappa shape index (κ2) is 11.1. The lowest BCUT2D eigenvalue weighted by atomic mass is 10.2. The molecule has 1 rings (SSSR count). The van der Waals surface area contributed by atoms with Crippen LogP contribution in [0.15, 0.2) is 29.3 Å². The smallest absolute Gasteiger partial charge is 0.321 e. The third-order valence-corrected chi connectivity index (χ3v) is 2.69. The van der Waals surface area contributed by atoms with Crippen molar-refractivity contribution in [2.24, 2.45) is 4.99 Å². The van der Waals surface area contributed by atoms with E-state index in [2.05, 4.69) is 20.9 Å². The lowest BCUT2D eigenvalue weighted by Crippen LogP contribution is -2.36. The molecule has 0 fully saturated rings. The van der Waals surface area contributed by atoms with Crippen LogP contribution in [0.1, 0.15) is 19.4 Å². The third-order valence-electron chi connectivity index (χ3n) is 2.69. The van der Waals surface area contributed by atoms with Gasteiger partial charge < -0.3 is 20.9 Å². The molecule has 2 amide bonds. The van der Waals surface area contributed by atoms with Gasteiger partial charge in [-0.1, -0.05) is 12.1 Å². The maximum atomic E-state index is 11.6. The van der Waals surface area contributed by atoms with Crippen LogP contribution >= 0.6 is 24.0 Å². The van der Waals surface area contributed by atoms with Crippen LogP contribution in [0.5, 0.6) is 0 Å². The Balaban J connectivity index is 0.00000441. The Labute approximate surface area is 149 Å². The fourth-order valence-corrected chi connectivity index (χ4v) is 1.66. The summed E-state index contributed by atoms with van der Waals surface area (Å²) in [6, 6.07) is 7.56. The SMILES string of the molecule is CCNC(=NCc1cccc(NC(=O)N(C)C)c1)NCC.I. The maximum absolute atomic E-state index is 11.6. The van der Waals surface area contributed by atoms with Gasteiger partial charge in [0.25, 0.3) is 0 Å². The first-order chi connectivity index (χ1) is 10.1. The lowest BCUT2D eigenvalue weighted by Gasteiger charge is -2.12. The molecule has 0 bridgehead atoms. The van der Waals surface area contributed by atoms with Gasteiger partial charge in [-0.15, -0.1) is 24.0 Å². The summed E-state index contributed by atoms with van der Waals surface area (Å²) in [6.07, 6.45) is 0. The molecule has 0 aliphatic carbocycles. The molecule has 1 aromatic carbocycles. The molecule has 22 heavy (non-hydrogen) atoms. The van der Waals surface area contributed by atoms with Gasteiger partial charge in [0.2, 0.25) is 0 Å². The summed E-state index contributed by atoms with van der Waals surface area (Å²) in [5.74, 6) is 0.794. The van der Waals surface area contributed by atoms with Crippen LogP contribution < -0.4 is 16.0 Å². The first kappa shape index (κ1) is 20.5. The van der Waals surface area contributed by atoms with E-state index in [1.165, 1.54) is 4.90 Å². The van der Waals surface area contributed by atoms with E-state index in [4.69, 9.17) is 0 Å². The number of anilines is 1. The minimum Gasteiger partial charge on any atom is -0.357 e. The van der Waals surface area contributed by atoms with Gasteiger partial charge >= 0.3 is 6.03 Å². The van der Waals surface area contributed by atoms with Crippen LogP contribution in [-0.2, 0) is 6.54 Å². The zero-order valence-electron chi connectivity index (χ0n) is 13.6. The molecule has 0 saturated carbocycles. The Hall–Kier alpha value is -1.51. The number of halogens is 1. The molecule has 0 aliphatic rings. The number of benzene rings is 1. The molecule has 1 aromatic rings. The van der Waals surface area contributed by atoms with Gasteiger partial charge in [0.15, 0.2) is 5.96 Å². The van der Waals surface area contributed by atoms with E-state index in [0.29, 0.717) is 6.54 Å². The second-order valence-electron chi connectivity index (χ2n) is 4.75. The number of aliphatic imine (C=N–C) groups is 1. The quantitative estimate of drug-likeness (QED) is 0.390. The number of nitrogens with zero attached hydrogens (tertiary/aromatic N) is 2. The van der Waals surface area contributed by atoms with Crippen LogP contribution in [0.3, 0.4) is 0 Å². The largest absolute Gasteiger partial charge is 0.357 e. The maximum Gasteiger partial charge on any atom is 0.321 e. The van der Waals surface area contributed by atoms with Crippen molar-refractivity contribution >= 4 is 41.7 Å². The summed E-state index contributed by atoms with van der Waals surface area (Å²) in [7, 11) is 3.42. The first-order valence-corrected chi connectivity index (χ1v) is 7.16. The molecule has 0 aliphatic heterocycles. The van der Waals surface area contributed by atoms with Crippen molar-refractivity contribution in [3.8, 4) is 0 Å². The van der Waals surface area contributed by atoms with Gasteiger partial charge in [0.05, 0.1) is 6.54 Å². The Kier molecular flexibility index (Phi) is 10.3. The molecule has 0 atom stereocenters. The van der Waals surface area contributed by atoms with Gasteiger partial charge in [-0.05, 0) is 31.5 Å². The highest BCUT2D eigenvalue weighted by molar-refractivity contribution is 14.0.